The van der Waals surface area contributed by atoms with Crippen LogP contribution in [0.3, 0.4) is 0 Å². The third kappa shape index (κ3) is 6.45. The Bertz CT molecular complexity index is 688. The van der Waals surface area contributed by atoms with E-state index in [1.54, 1.807) is 0 Å². The van der Waals surface area contributed by atoms with Gasteiger partial charge in [0.2, 0.25) is 5.75 Å². The van der Waals surface area contributed by atoms with Gasteiger partial charge in [-0.2, -0.15) is 0 Å². The van der Waals surface area contributed by atoms with Gasteiger partial charge in [0.15, 0.2) is 11.6 Å². The average molecular weight is 431 g/mol. The molecule has 1 aromatic carbocycles. The van der Waals surface area contributed by atoms with Crippen molar-refractivity contribution < 1.29 is 26.7 Å². The highest BCUT2D eigenvalue weighted by Crippen LogP contribution is 2.42. The molecule has 0 N–H and O–H groups in total. The Morgan fingerprint density at radius 1 is 0.900 bits per heavy atom. The third-order valence-corrected chi connectivity index (χ3v) is 6.96. The van der Waals surface area contributed by atoms with Gasteiger partial charge in [0.25, 0.3) is 0 Å². The number of benzene rings is 1. The Balaban J connectivity index is 1.45. The first-order valence-corrected chi connectivity index (χ1v) is 11.1. The molecule has 1 nitrogen and oxygen atoms in total. The fraction of sp³-hybridized carbons (Fsp3) is 0.667. The Labute approximate surface area is 175 Å². The van der Waals surface area contributed by atoms with Gasteiger partial charge >= 0.3 is 6.36 Å². The molecule has 2 fully saturated rings. The molecule has 1 aromatic rings. The molecule has 0 atom stereocenters. The van der Waals surface area contributed by atoms with Crippen LogP contribution >= 0.6 is 0 Å². The lowest BCUT2D eigenvalue weighted by atomic mass is 9.68. The van der Waals surface area contributed by atoms with E-state index < -0.39 is 23.7 Å². The molecular formula is C24H31F5O. The van der Waals surface area contributed by atoms with Gasteiger partial charge < -0.3 is 4.74 Å². The quantitative estimate of drug-likeness (QED) is 0.328. The summed E-state index contributed by atoms with van der Waals surface area (Å²) in [5.74, 6) is -1.11. The van der Waals surface area contributed by atoms with E-state index in [1.807, 2.05) is 0 Å². The van der Waals surface area contributed by atoms with E-state index in [0.29, 0.717) is 17.9 Å². The third-order valence-electron chi connectivity index (χ3n) is 6.96. The highest BCUT2D eigenvalue weighted by Gasteiger charge is 2.34. The van der Waals surface area contributed by atoms with Crippen LogP contribution in [0.25, 0.3) is 0 Å². The Kier molecular flexibility index (Phi) is 7.81. The van der Waals surface area contributed by atoms with Crippen molar-refractivity contribution in [3.8, 4) is 5.75 Å². The molecule has 30 heavy (non-hydrogen) atoms. The lowest BCUT2D eigenvalue weighted by Gasteiger charge is -2.37. The summed E-state index contributed by atoms with van der Waals surface area (Å²) < 4.78 is 68.0. The molecule has 0 heterocycles. The molecule has 0 radical (unpaired) electrons. The fourth-order valence-corrected chi connectivity index (χ4v) is 5.37. The molecule has 6 heteroatoms. The zero-order valence-electron chi connectivity index (χ0n) is 17.5. The number of rotatable bonds is 6. The predicted octanol–water partition coefficient (Wildman–Crippen LogP) is 7.98. The summed E-state index contributed by atoms with van der Waals surface area (Å²) in [4.78, 5) is 0. The summed E-state index contributed by atoms with van der Waals surface area (Å²) in [6.07, 6.45) is 10.5. The molecule has 0 aromatic heterocycles. The lowest BCUT2D eigenvalue weighted by molar-refractivity contribution is -0.276. The molecule has 2 aliphatic rings. The van der Waals surface area contributed by atoms with E-state index in [-0.39, 0.29) is 0 Å². The molecule has 0 saturated heterocycles. The molecule has 0 amide bonds. The summed E-state index contributed by atoms with van der Waals surface area (Å²) in [6, 6.07) is 1.91. The number of halogens is 5. The van der Waals surface area contributed by atoms with Crippen molar-refractivity contribution in [2.24, 2.45) is 23.7 Å². The Hall–Kier alpha value is -1.59. The summed E-state index contributed by atoms with van der Waals surface area (Å²) in [5.41, 5.74) is 0.379. The second-order valence-electron chi connectivity index (χ2n) is 8.96. The average Bonchev–Trinajstić information content (AvgIpc) is 2.70. The van der Waals surface area contributed by atoms with Crippen LogP contribution in [-0.4, -0.2) is 6.36 Å². The minimum Gasteiger partial charge on any atom is -0.399 e. The number of hydrogen-bond acceptors (Lipinski definition) is 1. The second-order valence-corrected chi connectivity index (χ2v) is 8.96. The summed E-state index contributed by atoms with van der Waals surface area (Å²) in [5, 5.41) is 0. The maximum Gasteiger partial charge on any atom is 0.573 e. The summed E-state index contributed by atoms with van der Waals surface area (Å²) >= 11 is 0. The maximum absolute atomic E-state index is 13.9. The van der Waals surface area contributed by atoms with Crippen molar-refractivity contribution in [1.29, 1.82) is 0 Å². The van der Waals surface area contributed by atoms with Crippen molar-refractivity contribution in [3.63, 3.8) is 0 Å². The van der Waals surface area contributed by atoms with Gasteiger partial charge in [0, 0.05) is 0 Å². The smallest absolute Gasteiger partial charge is 0.399 e. The van der Waals surface area contributed by atoms with Crippen molar-refractivity contribution in [1.82, 2.24) is 0 Å². The molecule has 0 bridgehead atoms. The summed E-state index contributed by atoms with van der Waals surface area (Å²) in [7, 11) is 0. The van der Waals surface area contributed by atoms with E-state index in [2.05, 4.69) is 23.8 Å². The van der Waals surface area contributed by atoms with Crippen LogP contribution in [0.1, 0.15) is 70.3 Å². The van der Waals surface area contributed by atoms with Crippen LogP contribution in [0.15, 0.2) is 24.3 Å². The Morgan fingerprint density at radius 3 is 1.93 bits per heavy atom. The zero-order chi connectivity index (χ0) is 21.7. The molecule has 2 saturated carbocycles. The molecular weight excluding hydrogens is 399 g/mol. The normalized spacial score (nSPS) is 28.1. The van der Waals surface area contributed by atoms with Crippen molar-refractivity contribution in [2.45, 2.75) is 77.5 Å². The SMILES string of the molecule is C/C=C/C1CCC(C2CCC(CCc3cc(F)c(OC(F)(F)F)c(F)c3)CC2)CC1. The molecule has 0 unspecified atom stereocenters. The largest absolute Gasteiger partial charge is 0.573 e. The molecule has 0 aliphatic heterocycles. The van der Waals surface area contributed by atoms with Gasteiger partial charge in [0.1, 0.15) is 0 Å². The maximum atomic E-state index is 13.9. The monoisotopic (exact) mass is 430 g/mol. The van der Waals surface area contributed by atoms with Gasteiger partial charge in [-0.25, -0.2) is 8.78 Å². The zero-order valence-corrected chi connectivity index (χ0v) is 17.5. The standard InChI is InChI=1S/C24H31F5O/c1-2-3-16-6-10-19(11-7-16)20-12-8-17(9-13-20)4-5-18-14-21(25)23(22(26)15-18)30-24(27,28)29/h2-3,14-17,19-20H,4-13H2,1H3/b3-2+. The van der Waals surface area contributed by atoms with Crippen LogP contribution in [0, 0.1) is 35.3 Å². The second kappa shape index (κ2) is 10.1. The van der Waals surface area contributed by atoms with Crippen LogP contribution in [-0.2, 0) is 6.42 Å². The van der Waals surface area contributed by atoms with Crippen molar-refractivity contribution in [3.05, 3.63) is 41.5 Å². The van der Waals surface area contributed by atoms with E-state index in [1.165, 1.54) is 38.5 Å². The van der Waals surface area contributed by atoms with Gasteiger partial charge in [-0.3, -0.25) is 0 Å². The van der Waals surface area contributed by atoms with Gasteiger partial charge in [-0.15, -0.1) is 13.2 Å². The van der Waals surface area contributed by atoms with Crippen LogP contribution in [0.4, 0.5) is 22.0 Å². The highest BCUT2D eigenvalue weighted by atomic mass is 19.4. The number of hydrogen-bond donors (Lipinski definition) is 0. The van der Waals surface area contributed by atoms with Crippen LogP contribution in [0.5, 0.6) is 5.75 Å². The molecule has 2 aliphatic carbocycles. The first kappa shape index (κ1) is 23.1. The Morgan fingerprint density at radius 2 is 1.43 bits per heavy atom. The number of alkyl halides is 3. The van der Waals surface area contributed by atoms with E-state index in [0.717, 1.165) is 49.1 Å². The van der Waals surface area contributed by atoms with E-state index in [4.69, 9.17) is 0 Å². The van der Waals surface area contributed by atoms with Crippen molar-refractivity contribution >= 4 is 0 Å². The molecule has 3 rings (SSSR count). The number of ether oxygens (including phenoxy) is 1. The van der Waals surface area contributed by atoms with Gasteiger partial charge in [-0.1, -0.05) is 25.0 Å². The first-order chi connectivity index (χ1) is 14.2. The lowest BCUT2D eigenvalue weighted by Crippen LogP contribution is -2.25. The molecule has 168 valence electrons. The highest BCUT2D eigenvalue weighted by molar-refractivity contribution is 5.31. The summed E-state index contributed by atoms with van der Waals surface area (Å²) in [6.45, 7) is 2.08. The fourth-order valence-electron chi connectivity index (χ4n) is 5.37. The minimum atomic E-state index is -5.12. The minimum absolute atomic E-state index is 0.379. The molecule has 0 spiro atoms. The first-order valence-electron chi connectivity index (χ1n) is 11.1. The van der Waals surface area contributed by atoms with Crippen molar-refractivity contribution in [2.75, 3.05) is 0 Å². The number of aryl methyl sites for hydroxylation is 1. The van der Waals surface area contributed by atoms with E-state index in [9.17, 15) is 22.0 Å². The van der Waals surface area contributed by atoms with Gasteiger partial charge in [0.05, 0.1) is 0 Å². The number of allylic oxidation sites excluding steroid dienone is 2. The predicted molar refractivity (Wildman–Crippen MR) is 107 cm³/mol. The van der Waals surface area contributed by atoms with Gasteiger partial charge in [-0.05, 0) is 99.7 Å². The van der Waals surface area contributed by atoms with Crippen LogP contribution < -0.4 is 4.74 Å². The topological polar surface area (TPSA) is 9.23 Å². The van der Waals surface area contributed by atoms with E-state index >= 15 is 0 Å². The van der Waals surface area contributed by atoms with Crippen LogP contribution in [0.2, 0.25) is 0 Å².